The first-order chi connectivity index (χ1) is 21.8. The van der Waals surface area contributed by atoms with Crippen LogP contribution in [0.5, 0.6) is 0 Å². The van der Waals surface area contributed by atoms with E-state index in [-0.39, 0.29) is 28.2 Å². The van der Waals surface area contributed by atoms with E-state index in [2.05, 4.69) is 19.2 Å². The van der Waals surface area contributed by atoms with Crippen LogP contribution in [0.1, 0.15) is 163 Å². The molecule has 6 aliphatic rings. The number of ether oxygens (including phenoxy) is 3. The number of carbonyl (C=O) groups is 3. The zero-order chi connectivity index (χ0) is 33.0. The number of nitrogens with one attached hydrogen (secondary N) is 1. The van der Waals surface area contributed by atoms with Crippen LogP contribution in [0.15, 0.2) is 0 Å². The molecule has 0 aromatic carbocycles. The normalized spacial score (nSPS) is 27.6. The minimum Gasteiger partial charge on any atom is -0.468 e. The average molecular weight is 636 g/mol. The molecule has 0 radical (unpaired) electrons. The summed E-state index contributed by atoms with van der Waals surface area (Å²) in [6.07, 6.45) is 23.0. The summed E-state index contributed by atoms with van der Waals surface area (Å²) in [5, 5.41) is 3.47. The average Bonchev–Trinajstić information content (AvgIpc) is 3.05. The first-order valence-electron chi connectivity index (χ1n) is 18.9. The van der Waals surface area contributed by atoms with Gasteiger partial charge in [-0.1, -0.05) is 86.0 Å². The second-order valence-corrected chi connectivity index (χ2v) is 14.8. The lowest BCUT2D eigenvalue weighted by Crippen LogP contribution is -2.65. The lowest BCUT2D eigenvalue weighted by atomic mass is 9.51. The predicted octanol–water partition coefficient (Wildman–Crippen LogP) is 8.96. The van der Waals surface area contributed by atoms with Gasteiger partial charge in [0, 0.05) is 30.3 Å². The van der Waals surface area contributed by atoms with Gasteiger partial charge in [-0.15, -0.1) is 0 Å². The summed E-state index contributed by atoms with van der Waals surface area (Å²) in [5.41, 5.74) is 0.340. The van der Waals surface area contributed by atoms with E-state index in [4.69, 9.17) is 14.2 Å². The van der Waals surface area contributed by atoms with Gasteiger partial charge in [0.05, 0.1) is 26.2 Å². The Morgan fingerprint density at radius 3 is 1.78 bits per heavy atom. The molecule has 4 bridgehead atoms. The molecule has 2 aliphatic heterocycles. The van der Waals surface area contributed by atoms with Crippen molar-refractivity contribution in [2.75, 3.05) is 32.9 Å². The third kappa shape index (κ3) is 13.6. The summed E-state index contributed by atoms with van der Waals surface area (Å²) in [5.74, 6) is 1.59. The fourth-order valence-corrected chi connectivity index (χ4v) is 8.47. The largest absolute Gasteiger partial charge is 0.468 e. The zero-order valence-corrected chi connectivity index (χ0v) is 29.9. The molecular weight excluding hydrogens is 566 g/mol. The van der Waals surface area contributed by atoms with E-state index in [1.54, 1.807) is 0 Å². The lowest BCUT2D eigenvalue weighted by Gasteiger charge is -2.60. The number of rotatable bonds is 20. The molecule has 6 fully saturated rings. The lowest BCUT2D eigenvalue weighted by molar-refractivity contribution is -0.177. The highest BCUT2D eigenvalue weighted by Gasteiger charge is 2.58. The van der Waals surface area contributed by atoms with E-state index in [1.807, 2.05) is 20.8 Å². The van der Waals surface area contributed by atoms with E-state index < -0.39 is 0 Å². The second-order valence-electron chi connectivity index (χ2n) is 14.8. The topological polar surface area (TPSA) is 90.9 Å². The molecule has 0 unspecified atom stereocenters. The summed E-state index contributed by atoms with van der Waals surface area (Å²) in [7, 11) is 0. The Balaban J connectivity index is 0.000000338. The fourth-order valence-electron chi connectivity index (χ4n) is 8.47. The minimum atomic E-state index is -0.0946. The third-order valence-corrected chi connectivity index (χ3v) is 10.9. The van der Waals surface area contributed by atoms with Crippen LogP contribution in [-0.4, -0.2) is 51.3 Å². The van der Waals surface area contributed by atoms with Gasteiger partial charge in [0.1, 0.15) is 0 Å². The molecule has 45 heavy (non-hydrogen) atoms. The summed E-state index contributed by atoms with van der Waals surface area (Å²) in [6, 6.07) is 0. The maximum Gasteiger partial charge on any atom is 0.306 e. The molecular formula is C38H69NO6. The molecule has 4 saturated carbocycles. The molecule has 2 saturated heterocycles. The van der Waals surface area contributed by atoms with Gasteiger partial charge in [0.15, 0.2) is 0 Å². The molecule has 1 N–H and O–H groups in total. The van der Waals surface area contributed by atoms with Gasteiger partial charge in [0.25, 0.3) is 6.47 Å². The molecule has 262 valence electrons. The SMILES string of the molecule is CC.CCCC(=O)OCC12CNCC(COC(=O)CC34CCC(CC3)CC4)(C1)C2.CCCCCC(CCCCC)CCOC=O. The third-order valence-electron chi connectivity index (χ3n) is 10.9. The standard InChI is InChI=1S/C22H35NO4.C14H28O2.C2H6/c1-2-3-18(24)26-15-21-11-22(12-21,14-23-13-21)16-27-19(25)10-20-7-4-17(5-8-20)6-9-20;1-3-5-7-9-14(10-8-6-4-2)11-12-16-13-15;1-2/h17,23H,2-16H2,1H3;13-14H,3-12H2,1-2H3;1-2H3. The minimum absolute atomic E-state index is 0.00201. The number of esters is 2. The van der Waals surface area contributed by atoms with Gasteiger partial charge >= 0.3 is 11.9 Å². The number of unbranched alkanes of at least 4 members (excludes halogenated alkanes) is 4. The van der Waals surface area contributed by atoms with E-state index in [0.717, 1.165) is 50.6 Å². The smallest absolute Gasteiger partial charge is 0.306 e. The van der Waals surface area contributed by atoms with Crippen molar-refractivity contribution in [1.82, 2.24) is 5.32 Å². The Morgan fingerprint density at radius 2 is 1.29 bits per heavy atom. The molecule has 6 rings (SSSR count). The maximum absolute atomic E-state index is 12.5. The van der Waals surface area contributed by atoms with Gasteiger partial charge in [0.2, 0.25) is 0 Å². The Kier molecular flexibility index (Phi) is 18.7. The predicted molar refractivity (Wildman–Crippen MR) is 182 cm³/mol. The van der Waals surface area contributed by atoms with Crippen LogP contribution in [0.3, 0.4) is 0 Å². The first-order valence-corrected chi connectivity index (χ1v) is 18.9. The molecule has 0 spiro atoms. The highest BCUT2D eigenvalue weighted by molar-refractivity contribution is 5.70. The fraction of sp³-hybridized carbons (Fsp3) is 0.921. The number of fused-ring (bicyclic) bond motifs is 5. The van der Waals surface area contributed by atoms with Crippen molar-refractivity contribution >= 4 is 18.4 Å². The first kappa shape index (κ1) is 39.5. The monoisotopic (exact) mass is 636 g/mol. The van der Waals surface area contributed by atoms with Crippen LogP contribution in [0.2, 0.25) is 0 Å². The summed E-state index contributed by atoms with van der Waals surface area (Å²) >= 11 is 0. The van der Waals surface area contributed by atoms with Crippen LogP contribution in [0.4, 0.5) is 0 Å². The molecule has 7 heteroatoms. The zero-order valence-electron chi connectivity index (χ0n) is 29.9. The van der Waals surface area contributed by atoms with Crippen molar-refractivity contribution in [3.63, 3.8) is 0 Å². The quantitative estimate of drug-likeness (QED) is 0.0618. The highest BCUT2D eigenvalue weighted by Crippen LogP contribution is 2.57. The van der Waals surface area contributed by atoms with Crippen molar-refractivity contribution < 1.29 is 28.6 Å². The van der Waals surface area contributed by atoms with Crippen molar-refractivity contribution in [2.24, 2.45) is 28.1 Å². The Morgan fingerprint density at radius 1 is 0.756 bits per heavy atom. The molecule has 0 aromatic heterocycles. The van der Waals surface area contributed by atoms with Gasteiger partial charge < -0.3 is 19.5 Å². The maximum atomic E-state index is 12.5. The molecule has 0 aromatic rings. The van der Waals surface area contributed by atoms with Gasteiger partial charge in [-0.05, 0) is 81.5 Å². The van der Waals surface area contributed by atoms with Crippen LogP contribution < -0.4 is 5.32 Å². The van der Waals surface area contributed by atoms with Gasteiger partial charge in [-0.3, -0.25) is 14.4 Å². The molecule has 2 heterocycles. The number of piperidine rings is 2. The van der Waals surface area contributed by atoms with Crippen LogP contribution in [0, 0.1) is 28.1 Å². The number of carbonyl (C=O) groups excluding carboxylic acids is 3. The van der Waals surface area contributed by atoms with E-state index in [9.17, 15) is 14.4 Å². The van der Waals surface area contributed by atoms with Gasteiger partial charge in [-0.2, -0.15) is 0 Å². The Bertz CT molecular complexity index is 806. The van der Waals surface area contributed by atoms with Crippen LogP contribution >= 0.6 is 0 Å². The number of hydrogen-bond acceptors (Lipinski definition) is 7. The second kappa shape index (κ2) is 21.3. The summed E-state index contributed by atoms with van der Waals surface area (Å²) < 4.78 is 16.1. The van der Waals surface area contributed by atoms with Crippen molar-refractivity contribution in [3.8, 4) is 0 Å². The summed E-state index contributed by atoms with van der Waals surface area (Å²) in [6.45, 7) is 14.4. The number of hydrogen-bond donors (Lipinski definition) is 1. The molecule has 0 amide bonds. The van der Waals surface area contributed by atoms with Crippen LogP contribution in [-0.2, 0) is 28.6 Å². The van der Waals surface area contributed by atoms with E-state index >= 15 is 0 Å². The van der Waals surface area contributed by atoms with Crippen LogP contribution in [0.25, 0.3) is 0 Å². The van der Waals surface area contributed by atoms with Crippen molar-refractivity contribution in [2.45, 2.75) is 163 Å². The van der Waals surface area contributed by atoms with Gasteiger partial charge in [-0.25, -0.2) is 0 Å². The Labute approximate surface area is 276 Å². The molecule has 0 atom stereocenters. The van der Waals surface area contributed by atoms with E-state index in [1.165, 1.54) is 89.9 Å². The molecule has 4 aliphatic carbocycles. The molecule has 7 nitrogen and oxygen atoms in total. The van der Waals surface area contributed by atoms with Crippen molar-refractivity contribution in [1.29, 1.82) is 0 Å². The highest BCUT2D eigenvalue weighted by atomic mass is 16.5. The van der Waals surface area contributed by atoms with Crippen molar-refractivity contribution in [3.05, 3.63) is 0 Å². The Hall–Kier alpha value is -1.63. The van der Waals surface area contributed by atoms with E-state index in [0.29, 0.717) is 39.1 Å². The summed E-state index contributed by atoms with van der Waals surface area (Å²) in [4.78, 5) is 34.3.